The SMILES string of the molecule is COC(=O)C(CCCNC(=O)OC(C)(C)C)NC(=O)C=Cc1ccccc1. The van der Waals surface area contributed by atoms with Crippen LogP contribution in [-0.2, 0) is 19.1 Å². The van der Waals surface area contributed by atoms with Crippen molar-refractivity contribution in [1.82, 2.24) is 10.6 Å². The molecule has 148 valence electrons. The van der Waals surface area contributed by atoms with Crippen molar-refractivity contribution in [3.63, 3.8) is 0 Å². The summed E-state index contributed by atoms with van der Waals surface area (Å²) in [6.07, 6.45) is 3.31. The summed E-state index contributed by atoms with van der Waals surface area (Å²) in [4.78, 5) is 35.5. The number of benzene rings is 1. The summed E-state index contributed by atoms with van der Waals surface area (Å²) in [5.41, 5.74) is 0.307. The molecule has 7 heteroatoms. The lowest BCUT2D eigenvalue weighted by molar-refractivity contribution is -0.144. The maximum atomic E-state index is 12.0. The second-order valence-electron chi connectivity index (χ2n) is 6.90. The van der Waals surface area contributed by atoms with E-state index in [1.807, 2.05) is 30.3 Å². The van der Waals surface area contributed by atoms with Crippen LogP contribution in [0.5, 0.6) is 0 Å². The number of hydrogen-bond donors (Lipinski definition) is 2. The van der Waals surface area contributed by atoms with E-state index >= 15 is 0 Å². The third-order valence-electron chi connectivity index (χ3n) is 3.37. The summed E-state index contributed by atoms with van der Waals surface area (Å²) in [5, 5.41) is 5.23. The first-order valence-electron chi connectivity index (χ1n) is 8.79. The van der Waals surface area contributed by atoms with Crippen LogP contribution < -0.4 is 10.6 Å². The molecule has 0 fully saturated rings. The van der Waals surface area contributed by atoms with Crippen molar-refractivity contribution >= 4 is 24.0 Å². The van der Waals surface area contributed by atoms with Crippen LogP contribution in [0.3, 0.4) is 0 Å². The Balaban J connectivity index is 2.46. The molecular weight excluding hydrogens is 348 g/mol. The molecule has 1 atom stereocenters. The van der Waals surface area contributed by atoms with Gasteiger partial charge in [0.05, 0.1) is 7.11 Å². The van der Waals surface area contributed by atoms with Gasteiger partial charge in [-0.3, -0.25) is 4.79 Å². The molecule has 0 bridgehead atoms. The number of rotatable bonds is 8. The highest BCUT2D eigenvalue weighted by molar-refractivity contribution is 5.94. The van der Waals surface area contributed by atoms with E-state index in [1.54, 1.807) is 26.8 Å². The average Bonchev–Trinajstić information content (AvgIpc) is 2.61. The van der Waals surface area contributed by atoms with Crippen LogP contribution in [-0.4, -0.2) is 43.3 Å². The van der Waals surface area contributed by atoms with Crippen LogP contribution in [0.15, 0.2) is 36.4 Å². The predicted molar refractivity (Wildman–Crippen MR) is 103 cm³/mol. The Labute approximate surface area is 160 Å². The Bertz CT molecular complexity index is 650. The first kappa shape index (κ1) is 22.2. The number of carbonyl (C=O) groups excluding carboxylic acids is 3. The molecule has 27 heavy (non-hydrogen) atoms. The van der Waals surface area contributed by atoms with Gasteiger partial charge in [-0.2, -0.15) is 0 Å². The number of methoxy groups -OCH3 is 1. The Morgan fingerprint density at radius 3 is 2.41 bits per heavy atom. The number of hydrogen-bond acceptors (Lipinski definition) is 5. The molecule has 1 rings (SSSR count). The van der Waals surface area contributed by atoms with Gasteiger partial charge in [0, 0.05) is 12.6 Å². The molecule has 1 aromatic rings. The van der Waals surface area contributed by atoms with E-state index in [9.17, 15) is 14.4 Å². The Morgan fingerprint density at radius 1 is 1.15 bits per heavy atom. The number of nitrogens with one attached hydrogen (secondary N) is 2. The van der Waals surface area contributed by atoms with Gasteiger partial charge in [0.2, 0.25) is 5.91 Å². The van der Waals surface area contributed by atoms with E-state index in [0.29, 0.717) is 19.4 Å². The molecule has 0 aromatic heterocycles. The highest BCUT2D eigenvalue weighted by Gasteiger charge is 2.20. The van der Waals surface area contributed by atoms with Gasteiger partial charge in [0.25, 0.3) is 0 Å². The van der Waals surface area contributed by atoms with Crippen LogP contribution >= 0.6 is 0 Å². The fraction of sp³-hybridized carbons (Fsp3) is 0.450. The third kappa shape index (κ3) is 10.0. The second-order valence-corrected chi connectivity index (χ2v) is 6.90. The van der Waals surface area contributed by atoms with Crippen molar-refractivity contribution in [2.24, 2.45) is 0 Å². The first-order valence-corrected chi connectivity index (χ1v) is 8.79. The van der Waals surface area contributed by atoms with Crippen molar-refractivity contribution in [2.45, 2.75) is 45.3 Å². The van der Waals surface area contributed by atoms with Crippen LogP contribution in [0.1, 0.15) is 39.2 Å². The molecule has 0 aliphatic rings. The minimum Gasteiger partial charge on any atom is -0.467 e. The van der Waals surface area contributed by atoms with Gasteiger partial charge in [-0.15, -0.1) is 0 Å². The lowest BCUT2D eigenvalue weighted by Crippen LogP contribution is -2.41. The number of alkyl carbamates (subject to hydrolysis) is 1. The van der Waals surface area contributed by atoms with Crippen LogP contribution in [0, 0.1) is 0 Å². The molecule has 0 saturated carbocycles. The normalized spacial score (nSPS) is 12.3. The van der Waals surface area contributed by atoms with Gasteiger partial charge in [-0.05, 0) is 45.3 Å². The molecule has 0 spiro atoms. The zero-order valence-electron chi connectivity index (χ0n) is 16.3. The minimum absolute atomic E-state index is 0.318. The molecule has 1 unspecified atom stereocenters. The Kier molecular flexibility index (Phi) is 9.05. The van der Waals surface area contributed by atoms with E-state index < -0.39 is 29.6 Å². The summed E-state index contributed by atoms with van der Waals surface area (Å²) in [6, 6.07) is 8.56. The van der Waals surface area contributed by atoms with Crippen molar-refractivity contribution in [3.8, 4) is 0 Å². The van der Waals surface area contributed by atoms with Gasteiger partial charge in [0.15, 0.2) is 0 Å². The second kappa shape index (κ2) is 11.0. The zero-order chi connectivity index (χ0) is 20.3. The smallest absolute Gasteiger partial charge is 0.407 e. The maximum absolute atomic E-state index is 12.0. The van der Waals surface area contributed by atoms with Crippen LogP contribution in [0.2, 0.25) is 0 Å². The molecule has 0 aliphatic carbocycles. The fourth-order valence-electron chi connectivity index (χ4n) is 2.16. The molecule has 0 saturated heterocycles. The highest BCUT2D eigenvalue weighted by Crippen LogP contribution is 2.07. The van der Waals surface area contributed by atoms with Crippen LogP contribution in [0.4, 0.5) is 4.79 Å². The third-order valence-corrected chi connectivity index (χ3v) is 3.37. The topological polar surface area (TPSA) is 93.7 Å². The van der Waals surface area contributed by atoms with Gasteiger partial charge in [0.1, 0.15) is 11.6 Å². The van der Waals surface area contributed by atoms with Gasteiger partial charge < -0.3 is 20.1 Å². The Morgan fingerprint density at radius 2 is 1.81 bits per heavy atom. The predicted octanol–water partition coefficient (Wildman–Crippen LogP) is 2.66. The lowest BCUT2D eigenvalue weighted by atomic mass is 10.1. The van der Waals surface area contributed by atoms with E-state index in [0.717, 1.165) is 5.56 Å². The zero-order valence-corrected chi connectivity index (χ0v) is 16.3. The summed E-state index contributed by atoms with van der Waals surface area (Å²) in [7, 11) is 1.26. The van der Waals surface area contributed by atoms with E-state index in [1.165, 1.54) is 13.2 Å². The van der Waals surface area contributed by atoms with Crippen molar-refractivity contribution in [1.29, 1.82) is 0 Å². The summed E-state index contributed by atoms with van der Waals surface area (Å²) in [6.45, 7) is 5.65. The van der Waals surface area contributed by atoms with Crippen molar-refractivity contribution in [3.05, 3.63) is 42.0 Å². The molecule has 0 radical (unpaired) electrons. The number of ether oxygens (including phenoxy) is 2. The molecule has 0 heterocycles. The standard InChI is InChI=1S/C20H28N2O5/c1-20(2,3)27-19(25)21-14-8-11-16(18(24)26-4)22-17(23)13-12-15-9-6-5-7-10-15/h5-7,9-10,12-13,16H,8,11,14H2,1-4H3,(H,21,25)(H,22,23). The summed E-state index contributed by atoms with van der Waals surface area (Å²) in [5.74, 6) is -0.928. The average molecular weight is 376 g/mol. The number of carbonyl (C=O) groups is 3. The van der Waals surface area contributed by atoms with Gasteiger partial charge >= 0.3 is 12.1 Å². The molecule has 2 N–H and O–H groups in total. The summed E-state index contributed by atoms with van der Waals surface area (Å²) >= 11 is 0. The lowest BCUT2D eigenvalue weighted by Gasteiger charge is -2.20. The number of esters is 1. The van der Waals surface area contributed by atoms with Crippen molar-refractivity contribution in [2.75, 3.05) is 13.7 Å². The fourth-order valence-corrected chi connectivity index (χ4v) is 2.16. The maximum Gasteiger partial charge on any atom is 0.407 e. The van der Waals surface area contributed by atoms with E-state index in [4.69, 9.17) is 9.47 Å². The molecule has 1 aromatic carbocycles. The van der Waals surface area contributed by atoms with Crippen LogP contribution in [0.25, 0.3) is 6.08 Å². The van der Waals surface area contributed by atoms with Crippen molar-refractivity contribution < 1.29 is 23.9 Å². The largest absolute Gasteiger partial charge is 0.467 e. The molecular formula is C20H28N2O5. The molecule has 7 nitrogen and oxygen atoms in total. The molecule has 0 aliphatic heterocycles. The van der Waals surface area contributed by atoms with Gasteiger partial charge in [-0.25, -0.2) is 9.59 Å². The minimum atomic E-state index is -0.789. The van der Waals surface area contributed by atoms with E-state index in [-0.39, 0.29) is 0 Å². The van der Waals surface area contributed by atoms with E-state index in [2.05, 4.69) is 10.6 Å². The Hall–Kier alpha value is -2.83. The quantitative estimate of drug-likeness (QED) is 0.413. The first-order chi connectivity index (χ1) is 12.7. The summed E-state index contributed by atoms with van der Waals surface area (Å²) < 4.78 is 9.86. The highest BCUT2D eigenvalue weighted by atomic mass is 16.6. The number of amides is 2. The molecule has 2 amide bonds. The van der Waals surface area contributed by atoms with Gasteiger partial charge in [-0.1, -0.05) is 30.3 Å². The monoisotopic (exact) mass is 376 g/mol.